The maximum Gasteiger partial charge on any atom is 0.330 e. The smallest absolute Gasteiger partial charge is 0.330 e. The molecule has 58 heavy (non-hydrogen) atoms. The third kappa shape index (κ3) is 5.86. The third-order valence-electron chi connectivity index (χ3n) is 11.3. The Labute approximate surface area is 328 Å². The molecule has 0 radical (unpaired) electrons. The number of piperazine rings is 1. The fraction of sp³-hybridized carbons (Fsp3) is 0.349. The number of amides is 2. The van der Waals surface area contributed by atoms with Crippen LogP contribution in [0.5, 0.6) is 17.2 Å². The number of rotatable bonds is 8. The standard InChI is InChI=1S/C43H41N3O12/c1-8-18(4)25-13-23-31(42(55)46(25)15-27(48)45-14-24(44-41(54)20(45)6)43(56)58-16-17(2)3)37(51)29-21(35(23)49)10-11-22-30(29)38(52)33-34(40(22)57-7)36(50)28-19(5)9-12-26(47)32(28)39(33)53/h9-13,17-18,20,24,47,52H,8,14-16H2,1-7H3,(H,44,54). The van der Waals surface area contributed by atoms with E-state index in [1.165, 1.54) is 44.4 Å². The summed E-state index contributed by atoms with van der Waals surface area (Å²) >= 11 is 0. The lowest BCUT2D eigenvalue weighted by Crippen LogP contribution is -2.63. The Balaban J connectivity index is 1.50. The summed E-state index contributed by atoms with van der Waals surface area (Å²) in [5, 5.41) is 22.1. The van der Waals surface area contributed by atoms with Gasteiger partial charge in [0, 0.05) is 38.0 Å². The number of carbonyl (C=O) groups excluding carboxylic acids is 3. The first-order valence-corrected chi connectivity index (χ1v) is 18.9. The number of hydrogen-bond donors (Lipinski definition) is 3. The predicted molar refractivity (Wildman–Crippen MR) is 218 cm³/mol. The number of aromatic hydroxyl groups is 2. The van der Waals surface area contributed by atoms with Crippen molar-refractivity contribution in [2.45, 2.75) is 72.5 Å². The highest BCUT2D eigenvalue weighted by atomic mass is 16.5. The summed E-state index contributed by atoms with van der Waals surface area (Å²) in [6.07, 6.45) is 0.464. The first-order valence-electron chi connectivity index (χ1n) is 18.9. The number of nitrogens with one attached hydrogen (secondary N) is 1. The minimum Gasteiger partial charge on any atom is -0.507 e. The Hall–Kier alpha value is -6.64. The van der Waals surface area contributed by atoms with Gasteiger partial charge in [-0.25, -0.2) is 4.79 Å². The lowest BCUT2D eigenvalue weighted by atomic mass is 9.90. The molecule has 0 aliphatic carbocycles. The number of pyridine rings is 1. The van der Waals surface area contributed by atoms with E-state index in [1.54, 1.807) is 13.8 Å². The van der Waals surface area contributed by atoms with Crippen LogP contribution in [0, 0.1) is 12.8 Å². The van der Waals surface area contributed by atoms with Crippen molar-refractivity contribution in [2.24, 2.45) is 5.92 Å². The second-order valence-corrected chi connectivity index (χ2v) is 15.4. The average Bonchev–Trinajstić information content (AvgIpc) is 3.19. The van der Waals surface area contributed by atoms with Crippen molar-refractivity contribution in [3.8, 4) is 17.2 Å². The fourth-order valence-corrected chi connectivity index (χ4v) is 8.05. The Morgan fingerprint density at radius 2 is 1.48 bits per heavy atom. The molecule has 1 aliphatic heterocycles. The Morgan fingerprint density at radius 3 is 2.14 bits per heavy atom. The molecule has 1 aliphatic rings. The number of nitrogens with zero attached hydrogens (tertiary/aromatic N) is 2. The van der Waals surface area contributed by atoms with Crippen molar-refractivity contribution in [3.63, 3.8) is 0 Å². The van der Waals surface area contributed by atoms with Crippen LogP contribution in [0.4, 0.5) is 0 Å². The van der Waals surface area contributed by atoms with Crippen molar-refractivity contribution < 1.29 is 34.1 Å². The number of phenolic OH excluding ortho intramolecular Hbond substituents is 2. The predicted octanol–water partition coefficient (Wildman–Crippen LogP) is 3.09. The molecule has 1 saturated heterocycles. The van der Waals surface area contributed by atoms with Crippen LogP contribution in [0.3, 0.4) is 0 Å². The van der Waals surface area contributed by atoms with Gasteiger partial charge in [-0.15, -0.1) is 0 Å². The van der Waals surface area contributed by atoms with Gasteiger partial charge in [-0.2, -0.15) is 0 Å². The number of ether oxygens (including phenoxy) is 2. The zero-order chi connectivity index (χ0) is 42.2. The Bertz CT molecular complexity index is 3090. The van der Waals surface area contributed by atoms with Gasteiger partial charge < -0.3 is 34.5 Å². The van der Waals surface area contributed by atoms with Gasteiger partial charge in [-0.05, 0) is 61.9 Å². The summed E-state index contributed by atoms with van der Waals surface area (Å²) in [6, 6.07) is 4.60. The quantitative estimate of drug-likeness (QED) is 0.115. The van der Waals surface area contributed by atoms with E-state index < -0.39 is 97.3 Å². The lowest BCUT2D eigenvalue weighted by molar-refractivity contribution is -0.155. The molecule has 1 aromatic heterocycles. The van der Waals surface area contributed by atoms with Gasteiger partial charge in [-0.3, -0.25) is 33.6 Å². The second kappa shape index (κ2) is 14.4. The van der Waals surface area contributed by atoms with E-state index in [1.807, 2.05) is 20.8 Å². The van der Waals surface area contributed by atoms with E-state index in [0.29, 0.717) is 12.0 Å². The van der Waals surface area contributed by atoms with Gasteiger partial charge in [0.05, 0.1) is 41.8 Å². The van der Waals surface area contributed by atoms with Crippen molar-refractivity contribution in [3.05, 3.63) is 92.8 Å². The van der Waals surface area contributed by atoms with Crippen molar-refractivity contribution in [1.82, 2.24) is 14.8 Å². The summed E-state index contributed by atoms with van der Waals surface area (Å²) in [5.74, 6) is -3.95. The van der Waals surface area contributed by atoms with Gasteiger partial charge in [0.15, 0.2) is 10.9 Å². The van der Waals surface area contributed by atoms with Crippen LogP contribution in [0.25, 0.3) is 53.9 Å². The molecule has 0 saturated carbocycles. The normalized spacial score (nSPS) is 16.5. The number of fused-ring (bicyclic) bond motifs is 6. The maximum absolute atomic E-state index is 14.8. The Morgan fingerprint density at radius 1 is 0.828 bits per heavy atom. The van der Waals surface area contributed by atoms with E-state index >= 15 is 0 Å². The molecule has 6 aromatic rings. The second-order valence-electron chi connectivity index (χ2n) is 15.4. The molecular weight excluding hydrogens is 750 g/mol. The molecule has 3 atom stereocenters. The third-order valence-corrected chi connectivity index (χ3v) is 11.3. The molecule has 5 aromatic carbocycles. The van der Waals surface area contributed by atoms with Gasteiger partial charge >= 0.3 is 5.97 Å². The number of aryl methyl sites for hydroxylation is 1. The van der Waals surface area contributed by atoms with Crippen molar-refractivity contribution in [1.29, 1.82) is 0 Å². The molecule has 7 rings (SSSR count). The summed E-state index contributed by atoms with van der Waals surface area (Å²) < 4.78 is 12.0. The monoisotopic (exact) mass is 791 g/mol. The zero-order valence-corrected chi connectivity index (χ0v) is 32.9. The topological polar surface area (TPSA) is 216 Å². The van der Waals surface area contributed by atoms with Crippen LogP contribution in [-0.4, -0.2) is 69.8 Å². The molecule has 300 valence electrons. The first kappa shape index (κ1) is 39.6. The summed E-state index contributed by atoms with van der Waals surface area (Å²) in [4.78, 5) is 113. The molecule has 15 heteroatoms. The largest absolute Gasteiger partial charge is 0.507 e. The molecule has 0 spiro atoms. The SMILES string of the molecule is CCC(C)c1cc2c(=O)c3ccc4c(OC)c5c(=O)c6c(C)ccc(O)c6c(=O)c5c(O)c4c3c(=O)c2c(=O)n1CC(=O)N1CC(C(=O)OCC(C)C)NC(=O)C1C. The van der Waals surface area contributed by atoms with Gasteiger partial charge in [-0.1, -0.05) is 33.8 Å². The molecule has 1 fully saturated rings. The van der Waals surface area contributed by atoms with Gasteiger partial charge in [0.25, 0.3) is 5.56 Å². The van der Waals surface area contributed by atoms with Gasteiger partial charge in [0.1, 0.15) is 35.9 Å². The highest BCUT2D eigenvalue weighted by Crippen LogP contribution is 2.43. The molecule has 3 N–H and O–H groups in total. The van der Waals surface area contributed by atoms with Crippen LogP contribution in [0.2, 0.25) is 0 Å². The van der Waals surface area contributed by atoms with Crippen molar-refractivity contribution in [2.75, 3.05) is 20.3 Å². The van der Waals surface area contributed by atoms with Crippen LogP contribution in [0.1, 0.15) is 58.2 Å². The number of benzene rings is 5. The van der Waals surface area contributed by atoms with Gasteiger partial charge in [0.2, 0.25) is 22.7 Å². The number of phenols is 2. The number of hydrogen-bond acceptors (Lipinski definition) is 12. The lowest BCUT2D eigenvalue weighted by Gasteiger charge is -2.37. The van der Waals surface area contributed by atoms with E-state index in [0.717, 1.165) is 9.47 Å². The summed E-state index contributed by atoms with van der Waals surface area (Å²) in [6.45, 7) is 9.55. The molecule has 15 nitrogen and oxygen atoms in total. The van der Waals surface area contributed by atoms with E-state index in [9.17, 15) is 48.6 Å². The summed E-state index contributed by atoms with van der Waals surface area (Å²) in [7, 11) is 1.23. The molecule has 2 heterocycles. The van der Waals surface area contributed by atoms with Crippen LogP contribution in [-0.2, 0) is 25.7 Å². The molecule has 2 amide bonds. The van der Waals surface area contributed by atoms with Crippen LogP contribution < -0.4 is 37.3 Å². The fourth-order valence-electron chi connectivity index (χ4n) is 8.05. The van der Waals surface area contributed by atoms with Crippen LogP contribution >= 0.6 is 0 Å². The number of carbonyl (C=O) groups is 3. The van der Waals surface area contributed by atoms with E-state index in [-0.39, 0.29) is 68.2 Å². The van der Waals surface area contributed by atoms with E-state index in [4.69, 9.17) is 9.47 Å². The number of esters is 1. The van der Waals surface area contributed by atoms with Crippen molar-refractivity contribution >= 4 is 71.6 Å². The zero-order valence-electron chi connectivity index (χ0n) is 32.9. The maximum atomic E-state index is 14.8. The Kier molecular flexibility index (Phi) is 9.82. The minimum atomic E-state index is -1.16. The van der Waals surface area contributed by atoms with E-state index in [2.05, 4.69) is 5.32 Å². The number of methoxy groups -OCH3 is 1. The minimum absolute atomic E-state index is 0.00456. The highest BCUT2D eigenvalue weighted by molar-refractivity contribution is 6.23. The summed E-state index contributed by atoms with van der Waals surface area (Å²) in [5.41, 5.74) is -3.73. The number of aromatic nitrogens is 1. The average molecular weight is 792 g/mol. The highest BCUT2D eigenvalue weighted by Gasteiger charge is 2.39. The first-order chi connectivity index (χ1) is 27.4. The molecule has 0 bridgehead atoms. The van der Waals surface area contributed by atoms with Crippen LogP contribution in [0.15, 0.2) is 54.3 Å². The molecular formula is C43H41N3O12. The molecule has 3 unspecified atom stereocenters.